The summed E-state index contributed by atoms with van der Waals surface area (Å²) in [6.07, 6.45) is 1.66. The third kappa shape index (κ3) is 3.93. The highest BCUT2D eigenvalue weighted by Gasteiger charge is 2.12. The van der Waals surface area contributed by atoms with Crippen LogP contribution >= 0.6 is 34.5 Å². The minimum absolute atomic E-state index is 0.119. The van der Waals surface area contributed by atoms with Crippen LogP contribution in [-0.2, 0) is 17.8 Å². The second-order valence-corrected chi connectivity index (χ2v) is 6.54. The molecule has 0 fully saturated rings. The van der Waals surface area contributed by atoms with E-state index in [4.69, 9.17) is 27.6 Å². The highest BCUT2D eigenvalue weighted by atomic mass is 35.5. The van der Waals surface area contributed by atoms with Gasteiger partial charge in [-0.05, 0) is 29.1 Å². The number of nitrogens with one attached hydrogen (secondary N) is 1. The number of rotatable bonds is 5. The van der Waals surface area contributed by atoms with Crippen LogP contribution in [0.1, 0.15) is 11.3 Å². The van der Waals surface area contributed by atoms with Gasteiger partial charge in [0.2, 0.25) is 11.8 Å². The Hall–Kier alpha value is -1.82. The number of hydrogen-bond acceptors (Lipinski definition) is 4. The van der Waals surface area contributed by atoms with Gasteiger partial charge in [-0.15, -0.1) is 11.3 Å². The van der Waals surface area contributed by atoms with Gasteiger partial charge in [-0.3, -0.25) is 4.79 Å². The van der Waals surface area contributed by atoms with Gasteiger partial charge < -0.3 is 9.73 Å². The maximum Gasteiger partial charge on any atom is 0.236 e. The minimum Gasteiger partial charge on any atom is -0.443 e. The Kier molecular flexibility index (Phi) is 5.00. The van der Waals surface area contributed by atoms with Crippen molar-refractivity contribution in [1.29, 1.82) is 0 Å². The summed E-state index contributed by atoms with van der Waals surface area (Å²) in [5, 5.41) is 5.70. The SMILES string of the molecule is O=C(Cc1c(Cl)cccc1Cl)NCc1coc(-c2cccs2)n1. The van der Waals surface area contributed by atoms with E-state index in [9.17, 15) is 4.79 Å². The van der Waals surface area contributed by atoms with Crippen LogP contribution < -0.4 is 5.32 Å². The third-order valence-corrected chi connectivity index (χ3v) is 4.72. The average Bonchev–Trinajstić information content (AvgIpc) is 3.19. The Bertz CT molecular complexity index is 795. The van der Waals surface area contributed by atoms with Crippen molar-refractivity contribution in [3.63, 3.8) is 0 Å². The van der Waals surface area contributed by atoms with Crippen LogP contribution in [0.2, 0.25) is 10.0 Å². The van der Waals surface area contributed by atoms with Gasteiger partial charge in [0, 0.05) is 10.0 Å². The first-order chi connectivity index (χ1) is 11.1. The van der Waals surface area contributed by atoms with Crippen molar-refractivity contribution >= 4 is 40.4 Å². The fourth-order valence-electron chi connectivity index (χ4n) is 2.02. The van der Waals surface area contributed by atoms with E-state index in [-0.39, 0.29) is 18.9 Å². The zero-order valence-electron chi connectivity index (χ0n) is 11.9. The lowest BCUT2D eigenvalue weighted by atomic mass is 10.1. The molecule has 0 aliphatic heterocycles. The molecule has 1 amide bonds. The summed E-state index contributed by atoms with van der Waals surface area (Å²) >= 11 is 13.7. The van der Waals surface area contributed by atoms with Crippen LogP contribution in [0.3, 0.4) is 0 Å². The van der Waals surface area contributed by atoms with Gasteiger partial charge in [0.1, 0.15) is 6.26 Å². The van der Waals surface area contributed by atoms with Crippen molar-refractivity contribution in [3.8, 4) is 10.8 Å². The van der Waals surface area contributed by atoms with E-state index in [0.29, 0.717) is 27.2 Å². The van der Waals surface area contributed by atoms with E-state index in [2.05, 4.69) is 10.3 Å². The summed E-state index contributed by atoms with van der Waals surface area (Å²) < 4.78 is 5.40. The van der Waals surface area contributed by atoms with Crippen LogP contribution in [0.15, 0.2) is 46.4 Å². The number of aromatic nitrogens is 1. The number of thiophene rings is 1. The number of halogens is 2. The van der Waals surface area contributed by atoms with Crippen molar-refractivity contribution in [3.05, 3.63) is 63.3 Å². The zero-order valence-corrected chi connectivity index (χ0v) is 14.2. The van der Waals surface area contributed by atoms with Gasteiger partial charge in [0.05, 0.1) is 23.5 Å². The topological polar surface area (TPSA) is 55.1 Å². The van der Waals surface area contributed by atoms with Crippen LogP contribution in [0.25, 0.3) is 10.8 Å². The van der Waals surface area contributed by atoms with Crippen molar-refractivity contribution in [2.75, 3.05) is 0 Å². The van der Waals surface area contributed by atoms with Crippen LogP contribution in [0, 0.1) is 0 Å². The molecular weight excluding hydrogens is 355 g/mol. The normalized spacial score (nSPS) is 10.7. The third-order valence-electron chi connectivity index (χ3n) is 3.15. The van der Waals surface area contributed by atoms with Crippen molar-refractivity contribution in [2.24, 2.45) is 0 Å². The predicted octanol–water partition coefficient (Wildman–Crippen LogP) is 4.57. The van der Waals surface area contributed by atoms with Gasteiger partial charge in [0.25, 0.3) is 0 Å². The molecule has 0 aliphatic rings. The Labute approximate surface area is 147 Å². The van der Waals surface area contributed by atoms with Crippen LogP contribution in [0.5, 0.6) is 0 Å². The Morgan fingerprint density at radius 1 is 1.22 bits per heavy atom. The highest BCUT2D eigenvalue weighted by molar-refractivity contribution is 7.13. The number of benzene rings is 1. The molecule has 0 unspecified atom stereocenters. The molecule has 7 heteroatoms. The molecule has 0 saturated carbocycles. The van der Waals surface area contributed by atoms with E-state index in [1.54, 1.807) is 29.5 Å². The molecule has 2 heterocycles. The highest BCUT2D eigenvalue weighted by Crippen LogP contribution is 2.25. The summed E-state index contributed by atoms with van der Waals surface area (Å²) in [5.41, 5.74) is 1.28. The number of hydrogen-bond donors (Lipinski definition) is 1. The molecule has 1 N–H and O–H groups in total. The molecule has 3 aromatic rings. The quantitative estimate of drug-likeness (QED) is 0.719. The number of nitrogens with zero attached hydrogens (tertiary/aromatic N) is 1. The minimum atomic E-state index is -0.180. The molecule has 0 aliphatic carbocycles. The molecule has 1 aromatic carbocycles. The molecule has 2 aromatic heterocycles. The summed E-state index contributed by atoms with van der Waals surface area (Å²) in [6.45, 7) is 0.287. The van der Waals surface area contributed by atoms with E-state index < -0.39 is 0 Å². The molecular formula is C16H12Cl2N2O2S. The van der Waals surface area contributed by atoms with Gasteiger partial charge in [0.15, 0.2) is 0 Å². The van der Waals surface area contributed by atoms with Crippen molar-refractivity contribution in [2.45, 2.75) is 13.0 Å². The Morgan fingerprint density at radius 3 is 2.70 bits per heavy atom. The smallest absolute Gasteiger partial charge is 0.236 e. The molecule has 118 valence electrons. The largest absolute Gasteiger partial charge is 0.443 e. The predicted molar refractivity (Wildman–Crippen MR) is 91.8 cm³/mol. The summed E-state index contributed by atoms with van der Waals surface area (Å²) in [6, 6.07) is 9.02. The van der Waals surface area contributed by atoms with E-state index in [1.807, 2.05) is 17.5 Å². The standard InChI is InChI=1S/C16H12Cl2N2O2S/c17-12-3-1-4-13(18)11(12)7-15(21)19-8-10-9-22-16(20-10)14-5-2-6-23-14/h1-6,9H,7-8H2,(H,19,21). The maximum absolute atomic E-state index is 12.0. The lowest BCUT2D eigenvalue weighted by Crippen LogP contribution is -2.25. The Morgan fingerprint density at radius 2 is 2.00 bits per heavy atom. The van der Waals surface area contributed by atoms with E-state index in [0.717, 1.165) is 4.88 Å². The number of carbonyl (C=O) groups excluding carboxylic acids is 1. The van der Waals surface area contributed by atoms with Crippen LogP contribution in [-0.4, -0.2) is 10.9 Å². The molecule has 0 saturated heterocycles. The second kappa shape index (κ2) is 7.17. The lowest BCUT2D eigenvalue weighted by molar-refractivity contribution is -0.120. The summed E-state index contributed by atoms with van der Waals surface area (Å²) in [4.78, 5) is 17.3. The second-order valence-electron chi connectivity index (χ2n) is 4.78. The number of oxazole rings is 1. The fraction of sp³-hybridized carbons (Fsp3) is 0.125. The van der Waals surface area contributed by atoms with Crippen molar-refractivity contribution in [1.82, 2.24) is 10.3 Å². The first-order valence-electron chi connectivity index (χ1n) is 6.81. The van der Waals surface area contributed by atoms with Gasteiger partial charge in [-0.1, -0.05) is 35.3 Å². The molecule has 4 nitrogen and oxygen atoms in total. The molecule has 0 bridgehead atoms. The lowest BCUT2D eigenvalue weighted by Gasteiger charge is -2.07. The molecule has 0 spiro atoms. The molecule has 3 rings (SSSR count). The van der Waals surface area contributed by atoms with Gasteiger partial charge in [-0.25, -0.2) is 4.98 Å². The molecule has 23 heavy (non-hydrogen) atoms. The monoisotopic (exact) mass is 366 g/mol. The fourth-order valence-corrected chi connectivity index (χ4v) is 3.20. The van der Waals surface area contributed by atoms with Crippen LogP contribution in [0.4, 0.5) is 0 Å². The molecule has 0 radical (unpaired) electrons. The van der Waals surface area contributed by atoms with E-state index >= 15 is 0 Å². The zero-order chi connectivity index (χ0) is 16.2. The Balaban J connectivity index is 1.59. The average molecular weight is 367 g/mol. The number of carbonyl (C=O) groups is 1. The van der Waals surface area contributed by atoms with Crippen molar-refractivity contribution < 1.29 is 9.21 Å². The first-order valence-corrected chi connectivity index (χ1v) is 8.45. The van der Waals surface area contributed by atoms with Gasteiger partial charge >= 0.3 is 0 Å². The van der Waals surface area contributed by atoms with E-state index in [1.165, 1.54) is 6.26 Å². The van der Waals surface area contributed by atoms with Gasteiger partial charge in [-0.2, -0.15) is 0 Å². The first kappa shape index (κ1) is 16.1. The molecule has 0 atom stereocenters. The summed E-state index contributed by atoms with van der Waals surface area (Å²) in [7, 11) is 0. The maximum atomic E-state index is 12.0. The number of amides is 1. The summed E-state index contributed by atoms with van der Waals surface area (Å²) in [5.74, 6) is 0.374.